The first kappa shape index (κ1) is 10.3. The highest BCUT2D eigenvalue weighted by molar-refractivity contribution is 7.99. The monoisotopic (exact) mass is 173 g/mol. The third kappa shape index (κ3) is 3.91. The van der Waals surface area contributed by atoms with Crippen molar-refractivity contribution < 1.29 is 9.90 Å². The summed E-state index contributed by atoms with van der Waals surface area (Å²) in [7, 11) is 0. The quantitative estimate of drug-likeness (QED) is 0.469. The average Bonchev–Trinajstić information content (AvgIpc) is 1.88. The molecule has 0 saturated heterocycles. The molecule has 62 valence electrons. The van der Waals surface area contributed by atoms with Crippen molar-refractivity contribution in [2.24, 2.45) is 5.73 Å². The fraction of sp³-hybridized carbons (Fsp3) is 0.571. The molecule has 1 atom stereocenters. The highest BCUT2D eigenvalue weighted by Gasteiger charge is 2.27. The Morgan fingerprint density at radius 1 is 1.91 bits per heavy atom. The SMILES string of the molecule is C#CCSC[C@](C)(N)C(=O)O. The van der Waals surface area contributed by atoms with Gasteiger partial charge >= 0.3 is 5.97 Å². The zero-order valence-electron chi connectivity index (χ0n) is 6.33. The van der Waals surface area contributed by atoms with Gasteiger partial charge in [-0.05, 0) is 6.92 Å². The molecule has 0 aliphatic heterocycles. The number of nitrogens with two attached hydrogens (primary N) is 1. The Labute approximate surface area is 70.3 Å². The first-order valence-corrected chi connectivity index (χ1v) is 4.19. The van der Waals surface area contributed by atoms with Crippen molar-refractivity contribution in [3.05, 3.63) is 0 Å². The predicted octanol–water partition coefficient (Wildman–Crippen LogP) is 0.155. The number of rotatable bonds is 4. The van der Waals surface area contributed by atoms with Crippen LogP contribution in [0.3, 0.4) is 0 Å². The lowest BCUT2D eigenvalue weighted by atomic mass is 10.1. The van der Waals surface area contributed by atoms with Crippen molar-refractivity contribution in [2.75, 3.05) is 11.5 Å². The maximum atomic E-state index is 10.4. The smallest absolute Gasteiger partial charge is 0.324 e. The molecule has 0 saturated carbocycles. The lowest BCUT2D eigenvalue weighted by Crippen LogP contribution is -2.47. The third-order valence-corrected chi connectivity index (χ3v) is 2.25. The van der Waals surface area contributed by atoms with Gasteiger partial charge in [0.1, 0.15) is 5.54 Å². The van der Waals surface area contributed by atoms with Gasteiger partial charge < -0.3 is 10.8 Å². The lowest BCUT2D eigenvalue weighted by Gasteiger charge is -2.17. The Morgan fingerprint density at radius 2 is 2.45 bits per heavy atom. The number of terminal acetylenes is 1. The fourth-order valence-corrected chi connectivity index (χ4v) is 1.15. The van der Waals surface area contributed by atoms with E-state index in [0.29, 0.717) is 11.5 Å². The van der Waals surface area contributed by atoms with E-state index in [9.17, 15) is 4.79 Å². The Kier molecular flexibility index (Phi) is 4.01. The van der Waals surface area contributed by atoms with E-state index in [2.05, 4.69) is 5.92 Å². The Morgan fingerprint density at radius 3 is 2.82 bits per heavy atom. The van der Waals surface area contributed by atoms with Crippen LogP contribution in [0.2, 0.25) is 0 Å². The lowest BCUT2D eigenvalue weighted by molar-refractivity contribution is -0.141. The zero-order chi connectivity index (χ0) is 8.91. The number of carboxylic acid groups (broad SMARTS) is 1. The minimum absolute atomic E-state index is 0.340. The van der Waals surface area contributed by atoms with Gasteiger partial charge in [0.05, 0.1) is 5.75 Å². The van der Waals surface area contributed by atoms with Crippen LogP contribution in [0, 0.1) is 12.3 Å². The standard InChI is InChI=1S/C7H11NO2S/c1-3-4-11-5-7(2,8)6(9)10/h1H,4-5,8H2,2H3,(H,9,10)/t7-/m0/s1. The third-order valence-electron chi connectivity index (χ3n) is 1.08. The molecule has 0 heterocycles. The molecule has 4 heteroatoms. The summed E-state index contributed by atoms with van der Waals surface area (Å²) in [6, 6.07) is 0. The molecule has 3 N–H and O–H groups in total. The van der Waals surface area contributed by atoms with Gasteiger partial charge in [-0.2, -0.15) is 0 Å². The van der Waals surface area contributed by atoms with Crippen molar-refractivity contribution in [3.63, 3.8) is 0 Å². The minimum Gasteiger partial charge on any atom is -0.480 e. The number of hydrogen-bond acceptors (Lipinski definition) is 3. The van der Waals surface area contributed by atoms with Gasteiger partial charge in [0.2, 0.25) is 0 Å². The van der Waals surface area contributed by atoms with Crippen LogP contribution in [-0.4, -0.2) is 28.1 Å². The topological polar surface area (TPSA) is 63.3 Å². The molecule has 0 rings (SSSR count). The highest BCUT2D eigenvalue weighted by Crippen LogP contribution is 2.09. The van der Waals surface area contributed by atoms with E-state index in [-0.39, 0.29) is 0 Å². The van der Waals surface area contributed by atoms with Crippen molar-refractivity contribution >= 4 is 17.7 Å². The van der Waals surface area contributed by atoms with Gasteiger partial charge in [-0.3, -0.25) is 4.79 Å². The summed E-state index contributed by atoms with van der Waals surface area (Å²) in [5.41, 5.74) is 4.25. The molecule has 0 unspecified atom stereocenters. The van der Waals surface area contributed by atoms with Crippen LogP contribution >= 0.6 is 11.8 Å². The van der Waals surface area contributed by atoms with Crippen LogP contribution in [0.4, 0.5) is 0 Å². The summed E-state index contributed by atoms with van der Waals surface area (Å²) in [5.74, 6) is 2.24. The Bertz CT molecular complexity index is 183. The van der Waals surface area contributed by atoms with E-state index in [1.165, 1.54) is 18.7 Å². The molecule has 0 radical (unpaired) electrons. The molecule has 0 amide bonds. The molecule has 0 aromatic heterocycles. The number of thioether (sulfide) groups is 1. The summed E-state index contributed by atoms with van der Waals surface area (Å²) in [5, 5.41) is 8.55. The largest absolute Gasteiger partial charge is 0.480 e. The zero-order valence-corrected chi connectivity index (χ0v) is 7.15. The molecule has 0 aliphatic carbocycles. The Balaban J connectivity index is 3.75. The molecular weight excluding hydrogens is 162 g/mol. The molecule has 0 spiro atoms. The van der Waals surface area contributed by atoms with Gasteiger partial charge in [0.25, 0.3) is 0 Å². The second kappa shape index (κ2) is 4.27. The fourth-order valence-electron chi connectivity index (χ4n) is 0.384. The summed E-state index contributed by atoms with van der Waals surface area (Å²) in [6.45, 7) is 1.47. The molecule has 0 aliphatic rings. The van der Waals surface area contributed by atoms with Crippen LogP contribution in [0.15, 0.2) is 0 Å². The molecule has 0 aromatic carbocycles. The van der Waals surface area contributed by atoms with Crippen molar-refractivity contribution in [3.8, 4) is 12.3 Å². The van der Waals surface area contributed by atoms with Gasteiger partial charge in [0.15, 0.2) is 0 Å². The number of aliphatic carboxylic acids is 1. The average molecular weight is 173 g/mol. The van der Waals surface area contributed by atoms with Crippen molar-refractivity contribution in [1.29, 1.82) is 0 Å². The molecule has 0 aromatic rings. The van der Waals surface area contributed by atoms with E-state index in [4.69, 9.17) is 17.3 Å². The summed E-state index contributed by atoms with van der Waals surface area (Å²) in [6.07, 6.45) is 4.97. The Hall–Kier alpha value is -0.660. The first-order valence-electron chi connectivity index (χ1n) is 3.04. The molecule has 0 bridgehead atoms. The highest BCUT2D eigenvalue weighted by atomic mass is 32.2. The van der Waals surface area contributed by atoms with E-state index >= 15 is 0 Å². The first-order chi connectivity index (χ1) is 5.00. The van der Waals surface area contributed by atoms with Crippen LogP contribution in [0.5, 0.6) is 0 Å². The maximum absolute atomic E-state index is 10.4. The number of hydrogen-bond donors (Lipinski definition) is 2. The normalized spacial score (nSPS) is 15.0. The summed E-state index contributed by atoms with van der Waals surface area (Å²) < 4.78 is 0. The van der Waals surface area contributed by atoms with Crippen molar-refractivity contribution in [2.45, 2.75) is 12.5 Å². The van der Waals surface area contributed by atoms with Gasteiger partial charge in [-0.1, -0.05) is 5.92 Å². The van der Waals surface area contributed by atoms with Crippen LogP contribution in [-0.2, 0) is 4.79 Å². The van der Waals surface area contributed by atoms with E-state index in [0.717, 1.165) is 0 Å². The second-order valence-electron chi connectivity index (χ2n) is 2.42. The van der Waals surface area contributed by atoms with E-state index in [1.54, 1.807) is 0 Å². The number of carboxylic acids is 1. The number of carbonyl (C=O) groups is 1. The maximum Gasteiger partial charge on any atom is 0.324 e. The van der Waals surface area contributed by atoms with Crippen LogP contribution in [0.1, 0.15) is 6.92 Å². The predicted molar refractivity (Wildman–Crippen MR) is 46.4 cm³/mol. The van der Waals surface area contributed by atoms with Gasteiger partial charge in [-0.25, -0.2) is 0 Å². The summed E-state index contributed by atoms with van der Waals surface area (Å²) in [4.78, 5) is 10.4. The van der Waals surface area contributed by atoms with Crippen LogP contribution in [0.25, 0.3) is 0 Å². The molecule has 11 heavy (non-hydrogen) atoms. The van der Waals surface area contributed by atoms with Gasteiger partial charge in [0, 0.05) is 5.75 Å². The molecule has 0 fully saturated rings. The molecular formula is C7H11NO2S. The van der Waals surface area contributed by atoms with Gasteiger partial charge in [-0.15, -0.1) is 18.2 Å². The second-order valence-corrected chi connectivity index (χ2v) is 3.41. The minimum atomic E-state index is -1.17. The summed E-state index contributed by atoms with van der Waals surface area (Å²) >= 11 is 1.35. The van der Waals surface area contributed by atoms with E-state index < -0.39 is 11.5 Å². The molecule has 3 nitrogen and oxygen atoms in total. The van der Waals surface area contributed by atoms with Crippen molar-refractivity contribution in [1.82, 2.24) is 0 Å². The van der Waals surface area contributed by atoms with E-state index in [1.807, 2.05) is 0 Å². The van der Waals surface area contributed by atoms with Crippen LogP contribution < -0.4 is 5.73 Å².